The van der Waals surface area contributed by atoms with Gasteiger partial charge in [-0.25, -0.2) is 0 Å². The number of likely N-dealkylation sites (N-methyl/N-ethyl adjacent to an activating group) is 1. The van der Waals surface area contributed by atoms with Crippen molar-refractivity contribution in [1.82, 2.24) is 10.2 Å². The summed E-state index contributed by atoms with van der Waals surface area (Å²) >= 11 is 0. The van der Waals surface area contributed by atoms with Gasteiger partial charge in [-0.1, -0.05) is 0 Å². The number of nitrogens with one attached hydrogen (secondary N) is 1. The molecule has 15 heavy (non-hydrogen) atoms. The van der Waals surface area contributed by atoms with E-state index >= 15 is 0 Å². The molecule has 0 fully saturated rings. The normalized spacial score (nSPS) is 11.9. The van der Waals surface area contributed by atoms with Crippen LogP contribution in [-0.2, 0) is 9.53 Å². The topological polar surface area (TPSA) is 67.6 Å². The van der Waals surface area contributed by atoms with E-state index in [1.165, 1.54) is 0 Å². The van der Waals surface area contributed by atoms with Gasteiger partial charge in [-0.15, -0.1) is 0 Å². The molecule has 1 amide bonds. The number of hydrogen-bond donors (Lipinski definition) is 2. The Kier molecular flexibility index (Phi) is 6.47. The van der Waals surface area contributed by atoms with Crippen molar-refractivity contribution in [3.05, 3.63) is 0 Å². The van der Waals surface area contributed by atoms with E-state index in [0.29, 0.717) is 19.8 Å². The van der Waals surface area contributed by atoms with E-state index in [0.717, 1.165) is 6.54 Å². The van der Waals surface area contributed by atoms with Crippen molar-refractivity contribution in [2.75, 3.05) is 40.4 Å². The highest BCUT2D eigenvalue weighted by atomic mass is 16.5. The summed E-state index contributed by atoms with van der Waals surface area (Å²) in [4.78, 5) is 13.3. The number of hydrogen-bond acceptors (Lipinski definition) is 4. The predicted molar refractivity (Wildman–Crippen MR) is 60.6 cm³/mol. The van der Waals surface area contributed by atoms with Crippen molar-refractivity contribution in [3.63, 3.8) is 0 Å². The summed E-state index contributed by atoms with van der Waals surface area (Å²) in [5.74, 6) is -0.154. The van der Waals surface area contributed by atoms with E-state index in [1.54, 1.807) is 13.8 Å². The Bertz CT molecular complexity index is 188. The molecule has 0 aromatic rings. The van der Waals surface area contributed by atoms with Gasteiger partial charge in [-0.05, 0) is 27.9 Å². The maximum atomic E-state index is 11.3. The smallest absolute Gasteiger partial charge is 0.239 e. The molecule has 0 saturated heterocycles. The molecular weight excluding hydrogens is 194 g/mol. The lowest BCUT2D eigenvalue weighted by atomic mass is 10.1. The first-order chi connectivity index (χ1) is 6.84. The molecule has 0 radical (unpaired) electrons. The van der Waals surface area contributed by atoms with Crippen LogP contribution in [0, 0.1) is 0 Å². The third-order valence-corrected chi connectivity index (χ3v) is 1.80. The second-order valence-corrected chi connectivity index (χ2v) is 4.39. The monoisotopic (exact) mass is 217 g/mol. The van der Waals surface area contributed by atoms with Crippen LogP contribution in [-0.4, -0.2) is 56.7 Å². The minimum Gasteiger partial charge on any atom is -0.378 e. The number of nitrogens with zero attached hydrogens (tertiary/aromatic N) is 1. The summed E-state index contributed by atoms with van der Waals surface area (Å²) in [5.41, 5.74) is 4.78. The molecular formula is C10H23N3O2. The molecule has 0 atom stereocenters. The number of rotatable bonds is 7. The zero-order chi connectivity index (χ0) is 11.9. The highest BCUT2D eigenvalue weighted by Crippen LogP contribution is 1.94. The molecule has 0 aliphatic carbocycles. The predicted octanol–water partition coefficient (Wildman–Crippen LogP) is -0.582. The van der Waals surface area contributed by atoms with Crippen LogP contribution >= 0.6 is 0 Å². The van der Waals surface area contributed by atoms with Crippen molar-refractivity contribution >= 4 is 5.91 Å². The SMILES string of the molecule is CN(C)CCOCCNC(=O)C(C)(C)N. The largest absolute Gasteiger partial charge is 0.378 e. The number of nitrogens with two attached hydrogens (primary N) is 1. The molecule has 0 heterocycles. The molecule has 3 N–H and O–H groups in total. The van der Waals surface area contributed by atoms with E-state index in [2.05, 4.69) is 5.32 Å². The van der Waals surface area contributed by atoms with Crippen LogP contribution in [0.3, 0.4) is 0 Å². The third-order valence-electron chi connectivity index (χ3n) is 1.80. The fourth-order valence-electron chi connectivity index (χ4n) is 0.814. The van der Waals surface area contributed by atoms with Crippen LogP contribution in [0.1, 0.15) is 13.8 Å². The number of amides is 1. The molecule has 0 rings (SSSR count). The molecule has 90 valence electrons. The zero-order valence-corrected chi connectivity index (χ0v) is 10.2. The van der Waals surface area contributed by atoms with Gasteiger partial charge in [0.05, 0.1) is 18.8 Å². The highest BCUT2D eigenvalue weighted by molar-refractivity contribution is 5.84. The molecule has 0 aromatic heterocycles. The fraction of sp³-hybridized carbons (Fsp3) is 0.900. The van der Waals surface area contributed by atoms with E-state index in [9.17, 15) is 4.79 Å². The van der Waals surface area contributed by atoms with Gasteiger partial charge >= 0.3 is 0 Å². The Morgan fingerprint density at radius 3 is 2.47 bits per heavy atom. The summed E-state index contributed by atoms with van der Waals surface area (Å²) in [7, 11) is 3.98. The second-order valence-electron chi connectivity index (χ2n) is 4.39. The zero-order valence-electron chi connectivity index (χ0n) is 10.2. The van der Waals surface area contributed by atoms with E-state index < -0.39 is 5.54 Å². The second kappa shape index (κ2) is 6.76. The van der Waals surface area contributed by atoms with E-state index in [4.69, 9.17) is 10.5 Å². The number of ether oxygens (including phenoxy) is 1. The maximum absolute atomic E-state index is 11.3. The first kappa shape index (κ1) is 14.3. The molecule has 0 spiro atoms. The Labute approximate surface area is 91.9 Å². The summed E-state index contributed by atoms with van der Waals surface area (Å²) in [5, 5.41) is 2.71. The summed E-state index contributed by atoms with van der Waals surface area (Å²) < 4.78 is 5.31. The minimum absolute atomic E-state index is 0.154. The van der Waals surface area contributed by atoms with Gasteiger partial charge in [-0.3, -0.25) is 4.79 Å². The lowest BCUT2D eigenvalue weighted by Crippen LogP contribution is -2.49. The van der Waals surface area contributed by atoms with Gasteiger partial charge in [0.1, 0.15) is 0 Å². The highest BCUT2D eigenvalue weighted by Gasteiger charge is 2.20. The Morgan fingerprint density at radius 1 is 1.40 bits per heavy atom. The molecule has 0 saturated carbocycles. The Balaban J connectivity index is 3.36. The van der Waals surface area contributed by atoms with Crippen LogP contribution in [0.15, 0.2) is 0 Å². The fourth-order valence-corrected chi connectivity index (χ4v) is 0.814. The van der Waals surface area contributed by atoms with Crippen molar-refractivity contribution in [3.8, 4) is 0 Å². The molecule has 0 bridgehead atoms. The lowest BCUT2D eigenvalue weighted by Gasteiger charge is -2.17. The van der Waals surface area contributed by atoms with Crippen LogP contribution in [0.2, 0.25) is 0 Å². The first-order valence-electron chi connectivity index (χ1n) is 5.13. The average Bonchev–Trinajstić information content (AvgIpc) is 2.08. The van der Waals surface area contributed by atoms with Crippen LogP contribution in [0.25, 0.3) is 0 Å². The third kappa shape index (κ3) is 8.35. The van der Waals surface area contributed by atoms with E-state index in [-0.39, 0.29) is 5.91 Å². The summed E-state index contributed by atoms with van der Waals surface area (Å²) in [6.07, 6.45) is 0. The average molecular weight is 217 g/mol. The summed E-state index contributed by atoms with van der Waals surface area (Å²) in [6, 6.07) is 0. The van der Waals surface area contributed by atoms with Gasteiger partial charge < -0.3 is 20.7 Å². The van der Waals surface area contributed by atoms with Crippen molar-refractivity contribution < 1.29 is 9.53 Å². The lowest BCUT2D eigenvalue weighted by molar-refractivity contribution is -0.125. The molecule has 0 aliphatic heterocycles. The maximum Gasteiger partial charge on any atom is 0.239 e. The van der Waals surface area contributed by atoms with Crippen molar-refractivity contribution in [2.45, 2.75) is 19.4 Å². The van der Waals surface area contributed by atoms with E-state index in [1.807, 2.05) is 19.0 Å². The van der Waals surface area contributed by atoms with Gasteiger partial charge in [0, 0.05) is 13.1 Å². The van der Waals surface area contributed by atoms with Gasteiger partial charge in [0.2, 0.25) is 5.91 Å². The molecule has 0 unspecified atom stereocenters. The standard InChI is InChI=1S/C10H23N3O2/c1-10(2,11)9(14)12-5-7-15-8-6-13(3)4/h5-8,11H2,1-4H3,(H,12,14). The molecule has 5 nitrogen and oxygen atoms in total. The quantitative estimate of drug-likeness (QED) is 0.560. The minimum atomic E-state index is -0.816. The number of carbonyl (C=O) groups excluding carboxylic acids is 1. The van der Waals surface area contributed by atoms with Crippen LogP contribution < -0.4 is 11.1 Å². The summed E-state index contributed by atoms with van der Waals surface area (Å²) in [6.45, 7) is 5.94. The van der Waals surface area contributed by atoms with Crippen molar-refractivity contribution in [1.29, 1.82) is 0 Å². The van der Waals surface area contributed by atoms with Crippen molar-refractivity contribution in [2.24, 2.45) is 5.73 Å². The van der Waals surface area contributed by atoms with Gasteiger partial charge in [-0.2, -0.15) is 0 Å². The Hall–Kier alpha value is -0.650. The Morgan fingerprint density at radius 2 is 2.00 bits per heavy atom. The number of carbonyl (C=O) groups is 1. The van der Waals surface area contributed by atoms with Crippen LogP contribution in [0.5, 0.6) is 0 Å². The molecule has 0 aliphatic rings. The molecule has 0 aromatic carbocycles. The van der Waals surface area contributed by atoms with Crippen LogP contribution in [0.4, 0.5) is 0 Å². The first-order valence-corrected chi connectivity index (χ1v) is 5.13. The van der Waals surface area contributed by atoms with Gasteiger partial charge in [0.25, 0.3) is 0 Å². The van der Waals surface area contributed by atoms with Gasteiger partial charge in [0.15, 0.2) is 0 Å². The molecule has 5 heteroatoms.